The maximum Gasteiger partial charge on any atom is 0.259 e. The summed E-state index contributed by atoms with van der Waals surface area (Å²) in [5.41, 5.74) is 1.53. The van der Waals surface area contributed by atoms with Crippen LogP contribution in [0.3, 0.4) is 0 Å². The SMILES string of the molecule is COc1cccc(CNC(=O)C2(C)Cc3ccccc3C(=O)N2c2ccc(F)cc2)c1. The molecule has 0 saturated carbocycles. The van der Waals surface area contributed by atoms with Gasteiger partial charge in [-0.2, -0.15) is 0 Å². The van der Waals surface area contributed by atoms with E-state index in [4.69, 9.17) is 4.74 Å². The number of benzene rings is 3. The number of ether oxygens (including phenoxy) is 1. The molecule has 0 fully saturated rings. The lowest BCUT2D eigenvalue weighted by Crippen LogP contribution is -2.63. The van der Waals surface area contributed by atoms with Crippen LogP contribution in [0.1, 0.15) is 28.4 Å². The molecule has 1 heterocycles. The largest absolute Gasteiger partial charge is 0.497 e. The Morgan fingerprint density at radius 3 is 2.58 bits per heavy atom. The highest BCUT2D eigenvalue weighted by Crippen LogP contribution is 2.35. The van der Waals surface area contributed by atoms with Crippen LogP contribution in [0.2, 0.25) is 0 Å². The fourth-order valence-electron chi connectivity index (χ4n) is 4.01. The van der Waals surface area contributed by atoms with Crippen molar-refractivity contribution in [2.24, 2.45) is 0 Å². The molecular weight excluding hydrogens is 395 g/mol. The zero-order chi connectivity index (χ0) is 22.0. The average molecular weight is 418 g/mol. The van der Waals surface area contributed by atoms with Crippen LogP contribution in [0.5, 0.6) is 5.75 Å². The molecule has 3 aromatic carbocycles. The van der Waals surface area contributed by atoms with Gasteiger partial charge in [0.25, 0.3) is 5.91 Å². The van der Waals surface area contributed by atoms with Gasteiger partial charge in [0.2, 0.25) is 5.91 Å². The van der Waals surface area contributed by atoms with E-state index in [-0.39, 0.29) is 11.8 Å². The molecule has 1 atom stereocenters. The second kappa shape index (κ2) is 8.22. The van der Waals surface area contributed by atoms with E-state index in [1.165, 1.54) is 29.2 Å². The van der Waals surface area contributed by atoms with Gasteiger partial charge in [0.1, 0.15) is 17.1 Å². The third-order valence-corrected chi connectivity index (χ3v) is 5.64. The van der Waals surface area contributed by atoms with Crippen LogP contribution in [-0.4, -0.2) is 24.5 Å². The number of hydrogen-bond donors (Lipinski definition) is 1. The molecule has 0 bridgehead atoms. The molecule has 2 amide bonds. The Morgan fingerprint density at radius 2 is 1.84 bits per heavy atom. The lowest BCUT2D eigenvalue weighted by atomic mass is 9.82. The molecule has 3 aromatic rings. The van der Waals surface area contributed by atoms with Crippen LogP contribution in [0.4, 0.5) is 10.1 Å². The van der Waals surface area contributed by atoms with Crippen molar-refractivity contribution in [1.82, 2.24) is 5.32 Å². The number of nitrogens with one attached hydrogen (secondary N) is 1. The first-order valence-corrected chi connectivity index (χ1v) is 10.0. The van der Waals surface area contributed by atoms with Crippen LogP contribution in [0.25, 0.3) is 0 Å². The normalized spacial score (nSPS) is 17.8. The molecule has 0 spiro atoms. The summed E-state index contributed by atoms with van der Waals surface area (Å²) in [5.74, 6) is -0.277. The summed E-state index contributed by atoms with van der Waals surface area (Å²) in [7, 11) is 1.59. The molecule has 6 heteroatoms. The van der Waals surface area contributed by atoms with E-state index >= 15 is 0 Å². The quantitative estimate of drug-likeness (QED) is 0.678. The van der Waals surface area contributed by atoms with E-state index in [2.05, 4.69) is 5.32 Å². The maximum absolute atomic E-state index is 13.5. The minimum absolute atomic E-state index is 0.285. The van der Waals surface area contributed by atoms with Gasteiger partial charge < -0.3 is 10.1 Å². The van der Waals surface area contributed by atoms with Crippen LogP contribution < -0.4 is 15.0 Å². The zero-order valence-corrected chi connectivity index (χ0v) is 17.4. The van der Waals surface area contributed by atoms with Gasteiger partial charge in [-0.3, -0.25) is 14.5 Å². The maximum atomic E-state index is 13.5. The fourth-order valence-corrected chi connectivity index (χ4v) is 4.01. The van der Waals surface area contributed by atoms with Gasteiger partial charge in [0.05, 0.1) is 7.11 Å². The summed E-state index contributed by atoms with van der Waals surface area (Å²) in [6, 6.07) is 20.3. The van der Waals surface area contributed by atoms with Gasteiger partial charge in [-0.15, -0.1) is 0 Å². The van der Waals surface area contributed by atoms with Crippen molar-refractivity contribution in [3.8, 4) is 5.75 Å². The molecular formula is C25H23FN2O3. The van der Waals surface area contributed by atoms with Crippen molar-refractivity contribution >= 4 is 17.5 Å². The highest BCUT2D eigenvalue weighted by atomic mass is 19.1. The Kier molecular flexibility index (Phi) is 5.46. The molecule has 1 aliphatic rings. The summed E-state index contributed by atoms with van der Waals surface area (Å²) in [6.45, 7) is 2.03. The molecule has 5 nitrogen and oxygen atoms in total. The Balaban J connectivity index is 1.68. The Labute approximate surface area is 180 Å². The molecule has 0 aromatic heterocycles. The molecule has 0 aliphatic carbocycles. The lowest BCUT2D eigenvalue weighted by molar-refractivity contribution is -0.126. The summed E-state index contributed by atoms with van der Waals surface area (Å²) in [5, 5.41) is 2.96. The molecule has 0 radical (unpaired) electrons. The van der Waals surface area contributed by atoms with Crippen LogP contribution in [0.15, 0.2) is 72.8 Å². The minimum Gasteiger partial charge on any atom is -0.497 e. The number of hydrogen-bond acceptors (Lipinski definition) is 3. The number of methoxy groups -OCH3 is 1. The number of fused-ring (bicyclic) bond motifs is 1. The molecule has 1 unspecified atom stereocenters. The van der Waals surface area contributed by atoms with Gasteiger partial charge in [-0.25, -0.2) is 4.39 Å². The highest BCUT2D eigenvalue weighted by molar-refractivity contribution is 6.14. The van der Waals surface area contributed by atoms with Gasteiger partial charge in [-0.05, 0) is 60.5 Å². The van der Waals surface area contributed by atoms with E-state index in [1.54, 1.807) is 26.2 Å². The monoisotopic (exact) mass is 418 g/mol. The highest BCUT2D eigenvalue weighted by Gasteiger charge is 2.47. The van der Waals surface area contributed by atoms with Gasteiger partial charge in [0, 0.05) is 24.2 Å². The van der Waals surface area contributed by atoms with E-state index in [9.17, 15) is 14.0 Å². The third-order valence-electron chi connectivity index (χ3n) is 5.64. The minimum atomic E-state index is -1.18. The molecule has 1 aliphatic heterocycles. The summed E-state index contributed by atoms with van der Waals surface area (Å²) < 4.78 is 18.8. The number of carbonyl (C=O) groups is 2. The van der Waals surface area contributed by atoms with Crippen molar-refractivity contribution in [3.63, 3.8) is 0 Å². The Hall–Kier alpha value is -3.67. The van der Waals surface area contributed by atoms with Gasteiger partial charge >= 0.3 is 0 Å². The number of anilines is 1. The fraction of sp³-hybridized carbons (Fsp3) is 0.200. The van der Waals surface area contributed by atoms with E-state index < -0.39 is 11.4 Å². The Bertz CT molecular complexity index is 1130. The molecule has 4 rings (SSSR count). The third kappa shape index (κ3) is 3.89. The second-order valence-electron chi connectivity index (χ2n) is 7.76. The van der Waals surface area contributed by atoms with Gasteiger partial charge in [-0.1, -0.05) is 30.3 Å². The smallest absolute Gasteiger partial charge is 0.259 e. The van der Waals surface area contributed by atoms with Gasteiger partial charge in [0.15, 0.2) is 0 Å². The summed E-state index contributed by atoms with van der Waals surface area (Å²) in [4.78, 5) is 28.3. The van der Waals surface area contributed by atoms with Crippen molar-refractivity contribution in [2.45, 2.75) is 25.4 Å². The lowest BCUT2D eigenvalue weighted by Gasteiger charge is -2.44. The predicted octanol–water partition coefficient (Wildman–Crippen LogP) is 4.11. The first kappa shape index (κ1) is 20.6. The van der Waals surface area contributed by atoms with Crippen LogP contribution >= 0.6 is 0 Å². The molecule has 0 saturated heterocycles. The first-order valence-electron chi connectivity index (χ1n) is 10.0. The molecule has 31 heavy (non-hydrogen) atoms. The summed E-state index contributed by atoms with van der Waals surface area (Å²) >= 11 is 0. The predicted molar refractivity (Wildman–Crippen MR) is 117 cm³/mol. The van der Waals surface area contributed by atoms with Crippen LogP contribution in [-0.2, 0) is 17.8 Å². The van der Waals surface area contributed by atoms with Crippen LogP contribution in [0, 0.1) is 5.82 Å². The van der Waals surface area contributed by atoms with E-state index in [1.807, 2.05) is 36.4 Å². The van der Waals surface area contributed by atoms with Crippen molar-refractivity contribution in [1.29, 1.82) is 0 Å². The molecule has 158 valence electrons. The van der Waals surface area contributed by atoms with Crippen molar-refractivity contribution < 1.29 is 18.7 Å². The average Bonchev–Trinajstić information content (AvgIpc) is 2.79. The number of nitrogens with zero attached hydrogens (tertiary/aromatic N) is 1. The zero-order valence-electron chi connectivity index (χ0n) is 17.4. The second-order valence-corrected chi connectivity index (χ2v) is 7.76. The summed E-state index contributed by atoms with van der Waals surface area (Å²) in [6.07, 6.45) is 0.343. The topological polar surface area (TPSA) is 58.6 Å². The number of halogens is 1. The first-order chi connectivity index (χ1) is 14.9. The number of rotatable bonds is 5. The number of carbonyl (C=O) groups excluding carboxylic acids is 2. The molecule has 1 N–H and O–H groups in total. The number of amides is 2. The standard InChI is InChI=1S/C25H23FN2O3/c1-25(24(30)27-16-17-6-5-8-21(14-17)31-2)15-18-7-3-4-9-22(18)23(29)28(25)20-12-10-19(26)11-13-20/h3-14H,15-16H2,1-2H3,(H,27,30). The Morgan fingerprint density at radius 1 is 1.10 bits per heavy atom. The van der Waals surface area contributed by atoms with Crippen molar-refractivity contribution in [3.05, 3.63) is 95.3 Å². The van der Waals surface area contributed by atoms with Crippen molar-refractivity contribution in [2.75, 3.05) is 12.0 Å². The van der Waals surface area contributed by atoms with E-state index in [0.29, 0.717) is 30.0 Å². The van der Waals surface area contributed by atoms with E-state index in [0.717, 1.165) is 11.1 Å².